The van der Waals surface area contributed by atoms with Crippen LogP contribution in [0.25, 0.3) is 0 Å². The Morgan fingerprint density at radius 1 is 1.15 bits per heavy atom. The van der Waals surface area contributed by atoms with Crippen molar-refractivity contribution in [3.63, 3.8) is 0 Å². The van der Waals surface area contributed by atoms with Crippen molar-refractivity contribution in [3.8, 4) is 0 Å². The standard InChI is InChI=1S/C15H17ClN4/c1-2-9-18-15-19-11-8-14(20-15)17-10-7-12-3-5-13(16)6-4-12/h2-6,8,11H,1,7,9-10H2,(H2,17,18,19,20). The Morgan fingerprint density at radius 3 is 2.70 bits per heavy atom. The second kappa shape index (κ2) is 7.50. The van der Waals surface area contributed by atoms with Crippen LogP contribution in [0.15, 0.2) is 49.2 Å². The molecule has 0 radical (unpaired) electrons. The van der Waals surface area contributed by atoms with E-state index >= 15 is 0 Å². The van der Waals surface area contributed by atoms with E-state index in [0.29, 0.717) is 12.5 Å². The number of rotatable bonds is 7. The van der Waals surface area contributed by atoms with Crippen molar-refractivity contribution in [1.82, 2.24) is 9.97 Å². The molecule has 0 spiro atoms. The molecular formula is C15H17ClN4. The topological polar surface area (TPSA) is 49.8 Å². The number of anilines is 2. The summed E-state index contributed by atoms with van der Waals surface area (Å²) in [6.45, 7) is 5.10. The Balaban J connectivity index is 1.84. The molecule has 0 aliphatic carbocycles. The largest absolute Gasteiger partial charge is 0.370 e. The molecule has 104 valence electrons. The Kier molecular flexibility index (Phi) is 5.38. The van der Waals surface area contributed by atoms with E-state index in [-0.39, 0.29) is 0 Å². The first-order valence-electron chi connectivity index (χ1n) is 6.44. The minimum absolute atomic E-state index is 0.599. The van der Waals surface area contributed by atoms with E-state index in [4.69, 9.17) is 11.6 Å². The van der Waals surface area contributed by atoms with Gasteiger partial charge in [-0.25, -0.2) is 4.98 Å². The molecule has 1 aromatic carbocycles. The fourth-order valence-electron chi connectivity index (χ4n) is 1.69. The summed E-state index contributed by atoms with van der Waals surface area (Å²) >= 11 is 5.85. The van der Waals surface area contributed by atoms with Gasteiger partial charge in [0.15, 0.2) is 0 Å². The molecular weight excluding hydrogens is 272 g/mol. The smallest absolute Gasteiger partial charge is 0.224 e. The first-order chi connectivity index (χ1) is 9.78. The molecule has 0 atom stereocenters. The third-order valence-corrected chi connectivity index (χ3v) is 2.95. The number of benzene rings is 1. The summed E-state index contributed by atoms with van der Waals surface area (Å²) in [6.07, 6.45) is 4.41. The molecule has 2 N–H and O–H groups in total. The van der Waals surface area contributed by atoms with Crippen molar-refractivity contribution in [3.05, 3.63) is 59.8 Å². The third kappa shape index (κ3) is 4.55. The number of aromatic nitrogens is 2. The molecule has 0 aliphatic rings. The van der Waals surface area contributed by atoms with Gasteiger partial charge in [-0.3, -0.25) is 0 Å². The van der Waals surface area contributed by atoms with Gasteiger partial charge in [-0.05, 0) is 30.2 Å². The van der Waals surface area contributed by atoms with Gasteiger partial charge in [-0.2, -0.15) is 4.98 Å². The van der Waals surface area contributed by atoms with E-state index < -0.39 is 0 Å². The minimum atomic E-state index is 0.599. The summed E-state index contributed by atoms with van der Waals surface area (Å²) in [5.41, 5.74) is 1.24. The monoisotopic (exact) mass is 288 g/mol. The Bertz CT molecular complexity index is 554. The fourth-order valence-corrected chi connectivity index (χ4v) is 1.82. The van der Waals surface area contributed by atoms with Crippen LogP contribution in [0.4, 0.5) is 11.8 Å². The number of nitrogens with one attached hydrogen (secondary N) is 2. The van der Waals surface area contributed by atoms with Crippen LogP contribution in [-0.4, -0.2) is 23.1 Å². The molecule has 0 aliphatic heterocycles. The third-order valence-electron chi connectivity index (χ3n) is 2.69. The Labute approximate surface area is 123 Å². The van der Waals surface area contributed by atoms with Crippen molar-refractivity contribution in [2.75, 3.05) is 23.7 Å². The highest BCUT2D eigenvalue weighted by molar-refractivity contribution is 6.30. The molecule has 0 saturated carbocycles. The summed E-state index contributed by atoms with van der Waals surface area (Å²) in [5, 5.41) is 7.09. The highest BCUT2D eigenvalue weighted by atomic mass is 35.5. The van der Waals surface area contributed by atoms with Gasteiger partial charge in [0.05, 0.1) is 0 Å². The predicted octanol–water partition coefficient (Wildman–Crippen LogP) is 3.38. The number of hydrogen-bond donors (Lipinski definition) is 2. The maximum Gasteiger partial charge on any atom is 0.224 e. The zero-order chi connectivity index (χ0) is 14.2. The molecule has 0 fully saturated rings. The van der Waals surface area contributed by atoms with E-state index in [1.54, 1.807) is 12.3 Å². The molecule has 2 aromatic rings. The molecule has 0 unspecified atom stereocenters. The van der Waals surface area contributed by atoms with E-state index in [1.807, 2.05) is 30.3 Å². The van der Waals surface area contributed by atoms with Crippen LogP contribution in [0, 0.1) is 0 Å². The van der Waals surface area contributed by atoms with E-state index in [1.165, 1.54) is 5.56 Å². The molecule has 0 saturated heterocycles. The first kappa shape index (κ1) is 14.3. The SMILES string of the molecule is C=CCNc1nccc(NCCc2ccc(Cl)cc2)n1. The van der Waals surface area contributed by atoms with Gasteiger partial charge < -0.3 is 10.6 Å². The Morgan fingerprint density at radius 2 is 1.95 bits per heavy atom. The number of nitrogens with zero attached hydrogens (tertiary/aromatic N) is 2. The highest BCUT2D eigenvalue weighted by Gasteiger charge is 1.98. The minimum Gasteiger partial charge on any atom is -0.370 e. The molecule has 1 heterocycles. The average Bonchev–Trinajstić information content (AvgIpc) is 2.48. The number of halogens is 1. The lowest BCUT2D eigenvalue weighted by Gasteiger charge is -2.07. The molecule has 1 aromatic heterocycles. The molecule has 5 heteroatoms. The van der Waals surface area contributed by atoms with Crippen molar-refractivity contribution < 1.29 is 0 Å². The second-order valence-corrected chi connectivity index (χ2v) is 4.67. The quantitative estimate of drug-likeness (QED) is 0.767. The lowest BCUT2D eigenvalue weighted by Crippen LogP contribution is -2.09. The first-order valence-corrected chi connectivity index (χ1v) is 6.82. The van der Waals surface area contributed by atoms with Crippen LogP contribution in [0.1, 0.15) is 5.56 Å². The van der Waals surface area contributed by atoms with Crippen LogP contribution in [0.3, 0.4) is 0 Å². The average molecular weight is 289 g/mol. The van der Waals surface area contributed by atoms with Crippen molar-refractivity contribution in [2.24, 2.45) is 0 Å². The molecule has 2 rings (SSSR count). The van der Waals surface area contributed by atoms with Gasteiger partial charge in [0.1, 0.15) is 5.82 Å². The van der Waals surface area contributed by atoms with Crippen molar-refractivity contribution in [2.45, 2.75) is 6.42 Å². The summed E-state index contributed by atoms with van der Waals surface area (Å²) < 4.78 is 0. The fraction of sp³-hybridized carbons (Fsp3) is 0.200. The van der Waals surface area contributed by atoms with Crippen molar-refractivity contribution >= 4 is 23.4 Å². The lowest BCUT2D eigenvalue weighted by molar-refractivity contribution is 0.998. The zero-order valence-electron chi connectivity index (χ0n) is 11.1. The second-order valence-electron chi connectivity index (χ2n) is 4.24. The number of hydrogen-bond acceptors (Lipinski definition) is 4. The molecule has 0 amide bonds. The molecule has 20 heavy (non-hydrogen) atoms. The van der Waals surface area contributed by atoms with Crippen LogP contribution in [0.2, 0.25) is 5.02 Å². The summed E-state index contributed by atoms with van der Waals surface area (Å²) in [7, 11) is 0. The Hall–Kier alpha value is -2.07. The van der Waals surface area contributed by atoms with E-state index in [2.05, 4.69) is 27.2 Å². The predicted molar refractivity (Wildman–Crippen MR) is 84.4 cm³/mol. The van der Waals surface area contributed by atoms with Crippen LogP contribution >= 0.6 is 11.6 Å². The molecule has 4 nitrogen and oxygen atoms in total. The van der Waals surface area contributed by atoms with Gasteiger partial charge >= 0.3 is 0 Å². The summed E-state index contributed by atoms with van der Waals surface area (Å²) in [5.74, 6) is 1.40. The van der Waals surface area contributed by atoms with E-state index in [0.717, 1.165) is 23.8 Å². The maximum absolute atomic E-state index is 5.85. The van der Waals surface area contributed by atoms with Crippen LogP contribution in [0.5, 0.6) is 0 Å². The highest BCUT2D eigenvalue weighted by Crippen LogP contribution is 2.10. The molecule has 0 bridgehead atoms. The van der Waals surface area contributed by atoms with Gasteiger partial charge in [0.25, 0.3) is 0 Å². The van der Waals surface area contributed by atoms with Gasteiger partial charge in [-0.1, -0.05) is 29.8 Å². The van der Waals surface area contributed by atoms with Crippen LogP contribution in [-0.2, 0) is 6.42 Å². The maximum atomic E-state index is 5.85. The van der Waals surface area contributed by atoms with Crippen LogP contribution < -0.4 is 10.6 Å². The lowest BCUT2D eigenvalue weighted by atomic mass is 10.1. The van der Waals surface area contributed by atoms with Gasteiger partial charge in [0, 0.05) is 24.3 Å². The van der Waals surface area contributed by atoms with Gasteiger partial charge in [0.2, 0.25) is 5.95 Å². The summed E-state index contributed by atoms with van der Waals surface area (Å²) in [6, 6.07) is 9.71. The zero-order valence-corrected chi connectivity index (χ0v) is 11.9. The van der Waals surface area contributed by atoms with E-state index in [9.17, 15) is 0 Å². The van der Waals surface area contributed by atoms with Gasteiger partial charge in [-0.15, -0.1) is 6.58 Å². The van der Waals surface area contributed by atoms with Crippen molar-refractivity contribution in [1.29, 1.82) is 0 Å². The normalized spacial score (nSPS) is 10.1. The summed E-state index contributed by atoms with van der Waals surface area (Å²) in [4.78, 5) is 8.48.